The lowest BCUT2D eigenvalue weighted by atomic mass is 9.52. The van der Waals surface area contributed by atoms with Gasteiger partial charge in [-0.15, -0.1) is 0 Å². The summed E-state index contributed by atoms with van der Waals surface area (Å²) < 4.78 is 0. The number of para-hydroxylation sites is 1. The fraction of sp³-hybridized carbons (Fsp3) is 0.545. The molecule has 120 valence electrons. The fourth-order valence-corrected chi connectivity index (χ4v) is 6.45. The van der Waals surface area contributed by atoms with Crippen LogP contribution in [0.15, 0.2) is 41.5 Å². The van der Waals surface area contributed by atoms with E-state index < -0.39 is 0 Å². The maximum Gasteiger partial charge on any atom is 0.0641 e. The first-order chi connectivity index (χ1) is 11.0. The van der Waals surface area contributed by atoms with E-state index in [1.54, 1.807) is 16.7 Å². The van der Waals surface area contributed by atoms with E-state index in [2.05, 4.69) is 56.4 Å². The second-order valence-electron chi connectivity index (χ2n) is 9.13. The van der Waals surface area contributed by atoms with Gasteiger partial charge >= 0.3 is 0 Å². The summed E-state index contributed by atoms with van der Waals surface area (Å²) in [6.45, 7) is 7.37. The SMILES string of the molecule is C[C@@H]1CC2=C[C@@]3(C)C[C@H](C)C[C@@]4(C3)Nc3ccccc3C(=C24)C1. The number of fused-ring (bicyclic) bond motifs is 3. The van der Waals surface area contributed by atoms with E-state index in [-0.39, 0.29) is 5.54 Å². The predicted molar refractivity (Wildman–Crippen MR) is 97.3 cm³/mol. The molecule has 0 saturated heterocycles. The highest BCUT2D eigenvalue weighted by atomic mass is 15.0. The van der Waals surface area contributed by atoms with Crippen LogP contribution in [0.2, 0.25) is 0 Å². The van der Waals surface area contributed by atoms with Crippen LogP contribution in [0, 0.1) is 17.3 Å². The topological polar surface area (TPSA) is 12.0 Å². The lowest BCUT2D eigenvalue weighted by Crippen LogP contribution is -2.54. The van der Waals surface area contributed by atoms with Crippen molar-refractivity contribution in [3.63, 3.8) is 0 Å². The Bertz CT molecular complexity index is 755. The smallest absolute Gasteiger partial charge is 0.0641 e. The van der Waals surface area contributed by atoms with Crippen LogP contribution in [0.4, 0.5) is 5.69 Å². The molecule has 1 N–H and O–H groups in total. The Morgan fingerprint density at radius 1 is 1.04 bits per heavy atom. The van der Waals surface area contributed by atoms with Gasteiger partial charge in [0.1, 0.15) is 0 Å². The minimum Gasteiger partial charge on any atom is -0.375 e. The summed E-state index contributed by atoms with van der Waals surface area (Å²) in [5.41, 5.74) is 8.42. The van der Waals surface area contributed by atoms with Crippen LogP contribution < -0.4 is 5.32 Å². The summed E-state index contributed by atoms with van der Waals surface area (Å²) in [5.74, 6) is 1.56. The Morgan fingerprint density at radius 3 is 2.74 bits per heavy atom. The van der Waals surface area contributed by atoms with Gasteiger partial charge < -0.3 is 5.32 Å². The second-order valence-corrected chi connectivity index (χ2v) is 9.13. The van der Waals surface area contributed by atoms with Gasteiger partial charge in [-0.25, -0.2) is 0 Å². The van der Waals surface area contributed by atoms with Crippen LogP contribution in [0.5, 0.6) is 0 Å². The van der Waals surface area contributed by atoms with E-state index in [4.69, 9.17) is 0 Å². The third kappa shape index (κ3) is 1.86. The molecule has 0 radical (unpaired) electrons. The minimum atomic E-state index is 0.195. The Hall–Kier alpha value is -1.50. The second kappa shape index (κ2) is 4.32. The van der Waals surface area contributed by atoms with E-state index >= 15 is 0 Å². The summed E-state index contributed by atoms with van der Waals surface area (Å²) in [6, 6.07) is 9.01. The molecule has 1 saturated carbocycles. The van der Waals surface area contributed by atoms with E-state index in [9.17, 15) is 0 Å². The molecule has 1 aromatic carbocycles. The molecule has 1 nitrogen and oxygen atoms in total. The summed E-state index contributed by atoms with van der Waals surface area (Å²) in [4.78, 5) is 0. The molecule has 1 heterocycles. The predicted octanol–water partition coefficient (Wildman–Crippen LogP) is 5.80. The van der Waals surface area contributed by atoms with Crippen molar-refractivity contribution >= 4 is 11.3 Å². The van der Waals surface area contributed by atoms with Crippen LogP contribution >= 0.6 is 0 Å². The molecule has 0 amide bonds. The number of rotatable bonds is 0. The van der Waals surface area contributed by atoms with Gasteiger partial charge in [-0.1, -0.05) is 45.0 Å². The number of benzene rings is 1. The maximum atomic E-state index is 4.04. The lowest BCUT2D eigenvalue weighted by Gasteiger charge is -2.57. The first kappa shape index (κ1) is 13.9. The number of anilines is 1. The lowest BCUT2D eigenvalue weighted by molar-refractivity contribution is 0.153. The third-order valence-corrected chi connectivity index (χ3v) is 6.59. The minimum absolute atomic E-state index is 0.195. The Labute approximate surface area is 139 Å². The van der Waals surface area contributed by atoms with Crippen molar-refractivity contribution in [2.24, 2.45) is 17.3 Å². The van der Waals surface area contributed by atoms with Crippen molar-refractivity contribution in [3.05, 3.63) is 47.1 Å². The van der Waals surface area contributed by atoms with Crippen molar-refractivity contribution in [1.29, 1.82) is 0 Å². The van der Waals surface area contributed by atoms with E-state index in [0.717, 1.165) is 11.8 Å². The van der Waals surface area contributed by atoms with Gasteiger partial charge in [-0.3, -0.25) is 0 Å². The van der Waals surface area contributed by atoms with Crippen molar-refractivity contribution in [2.45, 2.75) is 58.4 Å². The molecule has 4 aliphatic rings. The molecule has 1 aliphatic heterocycles. The molecule has 1 heteroatoms. The van der Waals surface area contributed by atoms with Gasteiger partial charge in [0.25, 0.3) is 0 Å². The first-order valence-electron chi connectivity index (χ1n) is 9.31. The highest BCUT2D eigenvalue weighted by Gasteiger charge is 2.53. The molecule has 23 heavy (non-hydrogen) atoms. The summed E-state index contributed by atoms with van der Waals surface area (Å²) in [6.07, 6.45) is 9.10. The van der Waals surface area contributed by atoms with Gasteiger partial charge in [-0.2, -0.15) is 0 Å². The quantitative estimate of drug-likeness (QED) is 0.638. The molecule has 5 rings (SSSR count). The molecule has 4 atom stereocenters. The zero-order valence-electron chi connectivity index (χ0n) is 14.6. The summed E-state index contributed by atoms with van der Waals surface area (Å²) in [7, 11) is 0. The van der Waals surface area contributed by atoms with Crippen molar-refractivity contribution < 1.29 is 0 Å². The first-order valence-corrected chi connectivity index (χ1v) is 9.31. The van der Waals surface area contributed by atoms with E-state index in [1.807, 2.05) is 0 Å². The highest BCUT2D eigenvalue weighted by Crippen LogP contribution is 2.61. The Kier molecular flexibility index (Phi) is 2.61. The monoisotopic (exact) mass is 305 g/mol. The molecule has 1 fully saturated rings. The molecule has 1 aromatic rings. The fourth-order valence-electron chi connectivity index (χ4n) is 6.45. The van der Waals surface area contributed by atoms with E-state index in [1.165, 1.54) is 43.4 Å². The molecule has 2 bridgehead atoms. The molecule has 0 unspecified atom stereocenters. The number of allylic oxidation sites excluding steroid dienone is 2. The Morgan fingerprint density at radius 2 is 1.87 bits per heavy atom. The zero-order valence-corrected chi connectivity index (χ0v) is 14.6. The molecular weight excluding hydrogens is 278 g/mol. The van der Waals surface area contributed by atoms with Gasteiger partial charge in [-0.05, 0) is 72.1 Å². The van der Waals surface area contributed by atoms with Crippen molar-refractivity contribution in [3.8, 4) is 0 Å². The van der Waals surface area contributed by atoms with Crippen LogP contribution in [0.1, 0.15) is 58.4 Å². The van der Waals surface area contributed by atoms with E-state index in [0.29, 0.717) is 5.41 Å². The van der Waals surface area contributed by atoms with Gasteiger partial charge in [0.05, 0.1) is 5.54 Å². The molecule has 1 spiro atoms. The van der Waals surface area contributed by atoms with Crippen molar-refractivity contribution in [2.75, 3.05) is 5.32 Å². The van der Waals surface area contributed by atoms with Gasteiger partial charge in [0.2, 0.25) is 0 Å². The zero-order chi connectivity index (χ0) is 15.8. The number of hydrogen-bond donors (Lipinski definition) is 1. The standard InChI is InChI=1S/C22H27N/c1-14-8-16-12-21(3)10-15(2)11-22(13-21)20(16)18(9-14)17-6-4-5-7-19(17)23-22/h4-7,12,14-15,23H,8-11,13H2,1-3H3/t14-,15+,21-,22+/m1/s1. The maximum absolute atomic E-state index is 4.04. The average Bonchev–Trinajstić information content (AvgIpc) is 2.44. The van der Waals surface area contributed by atoms with Gasteiger partial charge in [0.15, 0.2) is 0 Å². The van der Waals surface area contributed by atoms with Crippen LogP contribution in [0.25, 0.3) is 5.57 Å². The summed E-state index contributed by atoms with van der Waals surface area (Å²) in [5, 5.41) is 4.04. The van der Waals surface area contributed by atoms with Gasteiger partial charge in [0, 0.05) is 11.3 Å². The molecule has 3 aliphatic carbocycles. The number of nitrogens with one attached hydrogen (secondary N) is 1. The van der Waals surface area contributed by atoms with Crippen LogP contribution in [0.3, 0.4) is 0 Å². The molecule has 0 aromatic heterocycles. The Balaban J connectivity index is 1.82. The van der Waals surface area contributed by atoms with Crippen LogP contribution in [-0.4, -0.2) is 5.54 Å². The summed E-state index contributed by atoms with van der Waals surface area (Å²) >= 11 is 0. The van der Waals surface area contributed by atoms with Crippen molar-refractivity contribution in [1.82, 2.24) is 0 Å². The third-order valence-electron chi connectivity index (χ3n) is 6.59. The number of hydrogen-bond acceptors (Lipinski definition) is 1. The molecular formula is C22H27N. The largest absolute Gasteiger partial charge is 0.375 e. The highest BCUT2D eigenvalue weighted by molar-refractivity contribution is 5.88. The average molecular weight is 305 g/mol. The van der Waals surface area contributed by atoms with Crippen LogP contribution in [-0.2, 0) is 0 Å². The normalized spacial score (nSPS) is 40.7.